The van der Waals surface area contributed by atoms with Crippen molar-refractivity contribution in [1.82, 2.24) is 19.8 Å². The van der Waals surface area contributed by atoms with Gasteiger partial charge in [0.05, 0.1) is 28.6 Å². The predicted molar refractivity (Wildman–Crippen MR) is 127 cm³/mol. The monoisotopic (exact) mass is 406 g/mol. The number of piperidine rings is 1. The predicted octanol–water partition coefficient (Wildman–Crippen LogP) is 5.71. The van der Waals surface area contributed by atoms with Crippen LogP contribution in [0.15, 0.2) is 79.3 Å². The molecule has 31 heavy (non-hydrogen) atoms. The Morgan fingerprint density at radius 3 is 2.58 bits per heavy atom. The van der Waals surface area contributed by atoms with Crippen molar-refractivity contribution in [3.63, 3.8) is 0 Å². The van der Waals surface area contributed by atoms with E-state index in [1.165, 1.54) is 52.9 Å². The molecule has 1 aromatic heterocycles. The Morgan fingerprint density at radius 2 is 1.71 bits per heavy atom. The lowest BCUT2D eigenvalue weighted by Crippen LogP contribution is -2.39. The van der Waals surface area contributed by atoms with Crippen LogP contribution in [-0.2, 0) is 0 Å². The zero-order valence-electron chi connectivity index (χ0n) is 17.8. The van der Waals surface area contributed by atoms with E-state index in [4.69, 9.17) is 4.98 Å². The summed E-state index contributed by atoms with van der Waals surface area (Å²) in [5.74, 6) is 0. The molecule has 0 radical (unpaired) electrons. The summed E-state index contributed by atoms with van der Waals surface area (Å²) in [4.78, 5) is 7.16. The molecule has 0 spiro atoms. The average Bonchev–Trinajstić information content (AvgIpc) is 3.44. The van der Waals surface area contributed by atoms with Crippen LogP contribution < -0.4 is 5.32 Å². The topological polar surface area (TPSA) is 33.1 Å². The van der Waals surface area contributed by atoms with Crippen LogP contribution in [0.25, 0.3) is 33.5 Å². The van der Waals surface area contributed by atoms with Crippen molar-refractivity contribution in [1.29, 1.82) is 0 Å². The lowest BCUT2D eigenvalue weighted by Gasteiger charge is -2.30. The summed E-state index contributed by atoms with van der Waals surface area (Å²) in [6, 6.07) is 23.6. The molecule has 0 saturated carbocycles. The van der Waals surface area contributed by atoms with E-state index in [1.807, 2.05) is 12.4 Å². The molecule has 2 aliphatic heterocycles. The van der Waals surface area contributed by atoms with Crippen LogP contribution >= 0.6 is 0 Å². The average molecular weight is 407 g/mol. The molecule has 6 rings (SSSR count). The number of imidazole rings is 1. The van der Waals surface area contributed by atoms with Gasteiger partial charge in [-0.15, -0.1) is 0 Å². The second kappa shape index (κ2) is 7.31. The van der Waals surface area contributed by atoms with E-state index < -0.39 is 0 Å². The number of benzene rings is 3. The van der Waals surface area contributed by atoms with Crippen molar-refractivity contribution in [3.8, 4) is 16.8 Å². The Morgan fingerprint density at radius 1 is 0.903 bits per heavy atom. The van der Waals surface area contributed by atoms with Crippen molar-refractivity contribution < 1.29 is 0 Å². The van der Waals surface area contributed by atoms with Crippen LogP contribution in [0.4, 0.5) is 0 Å². The molecule has 2 aliphatic rings. The zero-order valence-corrected chi connectivity index (χ0v) is 17.8. The number of nitrogens with one attached hydrogen (secondary N) is 1. The smallest absolute Gasteiger partial charge is 0.100 e. The summed E-state index contributed by atoms with van der Waals surface area (Å²) >= 11 is 0. The van der Waals surface area contributed by atoms with E-state index in [-0.39, 0.29) is 0 Å². The van der Waals surface area contributed by atoms with Crippen LogP contribution in [0.5, 0.6) is 0 Å². The highest BCUT2D eigenvalue weighted by atomic mass is 15.3. The first-order valence-electron chi connectivity index (χ1n) is 11.2. The van der Waals surface area contributed by atoms with Crippen LogP contribution in [-0.4, -0.2) is 27.2 Å². The standard InChI is InChI=1S/C27H26N4/c1-19-21(20-9-3-2-4-10-20)14-15-22(24-17-30-16-8-7-13-26(30)29-24)27(19)31-18-28-23-11-5-6-12-25(23)31/h2-6,9-12,14-15,17-18,26,29H,7-8,13,16H2,1H3. The second-order valence-electron chi connectivity index (χ2n) is 8.54. The van der Waals surface area contributed by atoms with Gasteiger partial charge in [0.2, 0.25) is 0 Å². The van der Waals surface area contributed by atoms with Gasteiger partial charge in [-0.05, 0) is 55.0 Å². The lowest BCUT2D eigenvalue weighted by atomic mass is 9.95. The Balaban J connectivity index is 1.57. The molecule has 1 saturated heterocycles. The number of rotatable bonds is 3. The Kier molecular flexibility index (Phi) is 4.30. The van der Waals surface area contributed by atoms with E-state index in [0.717, 1.165) is 17.6 Å². The van der Waals surface area contributed by atoms with Gasteiger partial charge in [0.25, 0.3) is 0 Å². The largest absolute Gasteiger partial charge is 0.363 e. The van der Waals surface area contributed by atoms with Crippen molar-refractivity contribution in [3.05, 3.63) is 90.4 Å². The maximum Gasteiger partial charge on any atom is 0.100 e. The van der Waals surface area contributed by atoms with Gasteiger partial charge in [-0.25, -0.2) is 4.98 Å². The van der Waals surface area contributed by atoms with Crippen molar-refractivity contribution in [2.75, 3.05) is 6.54 Å². The molecule has 0 aliphatic carbocycles. The summed E-state index contributed by atoms with van der Waals surface area (Å²) in [5, 5.41) is 3.80. The van der Waals surface area contributed by atoms with Gasteiger partial charge >= 0.3 is 0 Å². The molecule has 1 unspecified atom stereocenters. The van der Waals surface area contributed by atoms with Gasteiger partial charge in [0.1, 0.15) is 6.33 Å². The number of hydrogen-bond donors (Lipinski definition) is 1. The van der Waals surface area contributed by atoms with Crippen molar-refractivity contribution in [2.45, 2.75) is 32.4 Å². The molecule has 0 bridgehead atoms. The molecular weight excluding hydrogens is 380 g/mol. The second-order valence-corrected chi connectivity index (χ2v) is 8.54. The third-order valence-electron chi connectivity index (χ3n) is 6.66. The van der Waals surface area contributed by atoms with Gasteiger partial charge in [-0.3, -0.25) is 4.57 Å². The normalized spacial score (nSPS) is 18.0. The maximum absolute atomic E-state index is 4.69. The number of aromatic nitrogens is 2. The van der Waals surface area contributed by atoms with E-state index in [1.54, 1.807) is 0 Å². The summed E-state index contributed by atoms with van der Waals surface area (Å²) < 4.78 is 2.26. The fourth-order valence-corrected chi connectivity index (χ4v) is 5.09. The van der Waals surface area contributed by atoms with Crippen molar-refractivity contribution >= 4 is 16.7 Å². The molecule has 4 aromatic rings. The van der Waals surface area contributed by atoms with Crippen molar-refractivity contribution in [2.24, 2.45) is 0 Å². The van der Waals surface area contributed by atoms with Crippen LogP contribution in [0.2, 0.25) is 0 Å². The number of para-hydroxylation sites is 2. The summed E-state index contributed by atoms with van der Waals surface area (Å²) in [7, 11) is 0. The minimum atomic E-state index is 0.422. The summed E-state index contributed by atoms with van der Waals surface area (Å²) in [6.45, 7) is 3.37. The first kappa shape index (κ1) is 18.3. The quantitative estimate of drug-likeness (QED) is 0.473. The SMILES string of the molecule is Cc1c(-c2ccccc2)ccc(C2=CN3CCCCC3N2)c1-n1cnc2ccccc21. The van der Waals surface area contributed by atoms with Crippen LogP contribution in [0, 0.1) is 6.92 Å². The van der Waals surface area contributed by atoms with E-state index >= 15 is 0 Å². The van der Waals surface area contributed by atoms with Gasteiger partial charge in [0.15, 0.2) is 0 Å². The molecule has 1 fully saturated rings. The van der Waals surface area contributed by atoms with Gasteiger partial charge < -0.3 is 10.2 Å². The summed E-state index contributed by atoms with van der Waals surface area (Å²) in [6.07, 6.45) is 8.47. The maximum atomic E-state index is 4.69. The Labute approximate surface area is 182 Å². The molecule has 1 atom stereocenters. The van der Waals surface area contributed by atoms with E-state index in [2.05, 4.69) is 88.6 Å². The van der Waals surface area contributed by atoms with Crippen LogP contribution in [0.3, 0.4) is 0 Å². The lowest BCUT2D eigenvalue weighted by molar-refractivity contribution is 0.216. The zero-order chi connectivity index (χ0) is 20.8. The van der Waals surface area contributed by atoms with Gasteiger partial charge in [-0.2, -0.15) is 0 Å². The molecule has 0 amide bonds. The highest BCUT2D eigenvalue weighted by Crippen LogP contribution is 2.37. The molecule has 3 heterocycles. The molecule has 4 heteroatoms. The highest BCUT2D eigenvalue weighted by molar-refractivity contribution is 5.85. The minimum absolute atomic E-state index is 0.422. The third kappa shape index (κ3) is 3.02. The molecule has 154 valence electrons. The fraction of sp³-hybridized carbons (Fsp3) is 0.222. The molecule has 1 N–H and O–H groups in total. The molecule has 4 nitrogen and oxygen atoms in total. The number of nitrogens with zero attached hydrogens (tertiary/aromatic N) is 3. The van der Waals surface area contributed by atoms with Gasteiger partial charge in [-0.1, -0.05) is 54.6 Å². The van der Waals surface area contributed by atoms with Gasteiger partial charge in [0, 0.05) is 18.3 Å². The van der Waals surface area contributed by atoms with E-state index in [9.17, 15) is 0 Å². The van der Waals surface area contributed by atoms with E-state index in [0.29, 0.717) is 6.17 Å². The Bertz CT molecular complexity index is 1290. The molecular formula is C27H26N4. The fourth-order valence-electron chi connectivity index (χ4n) is 5.09. The first-order valence-corrected chi connectivity index (χ1v) is 11.2. The first-order chi connectivity index (χ1) is 15.3. The molecule has 3 aromatic carbocycles. The Hall–Kier alpha value is -3.53. The minimum Gasteiger partial charge on any atom is -0.363 e. The third-order valence-corrected chi connectivity index (χ3v) is 6.66. The number of hydrogen-bond acceptors (Lipinski definition) is 3. The van der Waals surface area contributed by atoms with Crippen LogP contribution in [0.1, 0.15) is 30.4 Å². The highest BCUT2D eigenvalue weighted by Gasteiger charge is 2.28. The number of fused-ring (bicyclic) bond motifs is 2. The summed E-state index contributed by atoms with van der Waals surface area (Å²) in [5.41, 5.74) is 9.55.